The molecule has 3 aromatic carbocycles. The second kappa shape index (κ2) is 11.0. The molecule has 0 aliphatic rings. The van der Waals surface area contributed by atoms with E-state index in [9.17, 15) is 23.9 Å². The lowest BCUT2D eigenvalue weighted by Gasteiger charge is -2.14. The molecule has 0 aliphatic carbocycles. The zero-order chi connectivity index (χ0) is 22.9. The lowest BCUT2D eigenvalue weighted by atomic mass is 10.0. The van der Waals surface area contributed by atoms with Crippen molar-refractivity contribution in [3.05, 3.63) is 95.8 Å². The van der Waals surface area contributed by atoms with Crippen molar-refractivity contribution in [3.8, 4) is 11.1 Å². The van der Waals surface area contributed by atoms with Crippen LogP contribution in [-0.2, 0) is 16.1 Å². The largest absolute Gasteiger partial charge is 0.480 e. The molecule has 3 aromatic rings. The fraction of sp³-hybridized carbons (Fsp3) is 0.160. The number of benzene rings is 3. The minimum atomic E-state index is -1.09. The Morgan fingerprint density at radius 1 is 0.875 bits per heavy atom. The van der Waals surface area contributed by atoms with Gasteiger partial charge in [-0.2, -0.15) is 0 Å². The van der Waals surface area contributed by atoms with E-state index < -0.39 is 29.6 Å². The minimum Gasteiger partial charge on any atom is -0.480 e. The van der Waals surface area contributed by atoms with E-state index >= 15 is 0 Å². The van der Waals surface area contributed by atoms with Crippen LogP contribution in [0, 0.1) is 5.82 Å². The Morgan fingerprint density at radius 2 is 1.53 bits per heavy atom. The highest BCUT2D eigenvalue weighted by Gasteiger charge is 2.20. The van der Waals surface area contributed by atoms with Gasteiger partial charge in [-0.05, 0) is 35.2 Å². The maximum Gasteiger partial charge on any atom is 0.320 e. The fourth-order valence-electron chi connectivity index (χ4n) is 3.19. The summed E-state index contributed by atoms with van der Waals surface area (Å²) in [5, 5.41) is 14.4. The third-order valence-electron chi connectivity index (χ3n) is 4.93. The van der Waals surface area contributed by atoms with E-state index in [1.165, 1.54) is 12.1 Å². The summed E-state index contributed by atoms with van der Waals surface area (Å²) in [6, 6.07) is 21.6. The zero-order valence-corrected chi connectivity index (χ0v) is 17.3. The van der Waals surface area contributed by atoms with Gasteiger partial charge in [-0.25, -0.2) is 4.39 Å². The number of carbonyl (C=O) groups is 3. The normalized spacial score (nSPS) is 11.5. The number of nitrogens with one attached hydrogen (secondary N) is 2. The molecule has 3 N–H and O–H groups in total. The second-order valence-corrected chi connectivity index (χ2v) is 7.23. The highest BCUT2D eigenvalue weighted by Crippen LogP contribution is 2.21. The Morgan fingerprint density at radius 3 is 2.16 bits per heavy atom. The van der Waals surface area contributed by atoms with Gasteiger partial charge in [0.25, 0.3) is 5.91 Å². The quantitative estimate of drug-likeness (QED) is 0.477. The monoisotopic (exact) mass is 434 g/mol. The van der Waals surface area contributed by atoms with Crippen LogP contribution in [0.3, 0.4) is 0 Å². The number of carboxylic acids is 1. The molecule has 0 heterocycles. The average molecular weight is 434 g/mol. The molecule has 0 radical (unpaired) electrons. The molecule has 0 aromatic heterocycles. The van der Waals surface area contributed by atoms with E-state index in [0.717, 1.165) is 11.1 Å². The van der Waals surface area contributed by atoms with E-state index in [1.807, 2.05) is 60.7 Å². The van der Waals surface area contributed by atoms with Crippen LogP contribution in [0.5, 0.6) is 0 Å². The Labute approximate surface area is 185 Å². The predicted molar refractivity (Wildman–Crippen MR) is 118 cm³/mol. The van der Waals surface area contributed by atoms with Crippen LogP contribution >= 0.6 is 0 Å². The summed E-state index contributed by atoms with van der Waals surface area (Å²) in [4.78, 5) is 35.9. The number of halogens is 1. The van der Waals surface area contributed by atoms with Crippen molar-refractivity contribution in [3.63, 3.8) is 0 Å². The van der Waals surface area contributed by atoms with Crippen LogP contribution in [0.1, 0.15) is 28.8 Å². The lowest BCUT2D eigenvalue weighted by Crippen LogP contribution is -2.38. The number of imide groups is 1. The number of aliphatic carboxylic acids is 1. The number of carboxylic acid groups (broad SMARTS) is 1. The number of rotatable bonds is 9. The molecule has 3 rings (SSSR count). The van der Waals surface area contributed by atoms with Gasteiger partial charge in [0.15, 0.2) is 0 Å². The first-order valence-corrected chi connectivity index (χ1v) is 10.1. The lowest BCUT2D eigenvalue weighted by molar-refractivity contribution is -0.139. The van der Waals surface area contributed by atoms with Gasteiger partial charge < -0.3 is 10.4 Å². The molecule has 0 unspecified atom stereocenters. The summed E-state index contributed by atoms with van der Waals surface area (Å²) in [6.45, 7) is 0.331. The van der Waals surface area contributed by atoms with Crippen LogP contribution in [0.25, 0.3) is 11.1 Å². The SMILES string of the molecule is O=C(CC[C@H](NCc1ccccc1)C(=O)O)NC(=O)c1ccc(-c2ccccc2)cc1F. The van der Waals surface area contributed by atoms with Crippen LogP contribution < -0.4 is 10.6 Å². The topological polar surface area (TPSA) is 95.5 Å². The summed E-state index contributed by atoms with van der Waals surface area (Å²) in [5.74, 6) is -3.38. The molecule has 0 saturated heterocycles. The van der Waals surface area contributed by atoms with Crippen molar-refractivity contribution in [1.29, 1.82) is 0 Å². The van der Waals surface area contributed by atoms with Crippen LogP contribution in [-0.4, -0.2) is 28.9 Å². The fourth-order valence-corrected chi connectivity index (χ4v) is 3.19. The molecule has 2 amide bonds. The Kier molecular flexibility index (Phi) is 7.83. The Bertz CT molecular complexity index is 1090. The highest BCUT2D eigenvalue weighted by atomic mass is 19.1. The zero-order valence-electron chi connectivity index (χ0n) is 17.3. The maximum absolute atomic E-state index is 14.5. The van der Waals surface area contributed by atoms with Crippen LogP contribution in [0.15, 0.2) is 78.9 Å². The van der Waals surface area contributed by atoms with E-state index in [1.54, 1.807) is 6.07 Å². The molecule has 1 atom stereocenters. The molecule has 0 spiro atoms. The Balaban J connectivity index is 1.54. The molecule has 0 aliphatic heterocycles. The smallest absolute Gasteiger partial charge is 0.320 e. The molecule has 0 fully saturated rings. The summed E-state index contributed by atoms with van der Waals surface area (Å²) < 4.78 is 14.5. The van der Waals surface area contributed by atoms with Gasteiger partial charge in [-0.15, -0.1) is 0 Å². The number of amides is 2. The molecule has 0 saturated carbocycles. The highest BCUT2D eigenvalue weighted by molar-refractivity contribution is 6.05. The standard InChI is InChI=1S/C25H23FN2O4/c26-21-15-19(18-9-5-2-6-10-18)11-12-20(21)24(30)28-23(29)14-13-22(25(31)32)27-16-17-7-3-1-4-8-17/h1-12,15,22,27H,13-14,16H2,(H,31,32)(H,28,29,30)/t22-/m0/s1. The number of hydrogen-bond donors (Lipinski definition) is 3. The molecule has 6 nitrogen and oxygen atoms in total. The first kappa shape index (κ1) is 22.8. The van der Waals surface area contributed by atoms with Gasteiger partial charge in [0.05, 0.1) is 5.56 Å². The predicted octanol–water partition coefficient (Wildman–Crippen LogP) is 3.77. The van der Waals surface area contributed by atoms with E-state index in [4.69, 9.17) is 0 Å². The summed E-state index contributed by atoms with van der Waals surface area (Å²) in [6.07, 6.45) is -0.217. The van der Waals surface area contributed by atoms with E-state index in [0.29, 0.717) is 12.1 Å². The van der Waals surface area contributed by atoms with Gasteiger partial charge in [0.1, 0.15) is 11.9 Å². The summed E-state index contributed by atoms with van der Waals surface area (Å²) in [7, 11) is 0. The Hall–Kier alpha value is -3.84. The van der Waals surface area contributed by atoms with Crippen molar-refractivity contribution >= 4 is 17.8 Å². The van der Waals surface area contributed by atoms with Crippen molar-refractivity contribution in [2.45, 2.75) is 25.4 Å². The van der Waals surface area contributed by atoms with Gasteiger partial charge >= 0.3 is 5.97 Å². The molecule has 0 bridgehead atoms. The number of hydrogen-bond acceptors (Lipinski definition) is 4. The van der Waals surface area contributed by atoms with Gasteiger partial charge in [0, 0.05) is 13.0 Å². The van der Waals surface area contributed by atoms with Crippen molar-refractivity contribution < 1.29 is 23.9 Å². The van der Waals surface area contributed by atoms with Gasteiger partial charge in [-0.1, -0.05) is 66.7 Å². The maximum atomic E-state index is 14.5. The van der Waals surface area contributed by atoms with Gasteiger partial charge in [-0.3, -0.25) is 19.7 Å². The van der Waals surface area contributed by atoms with Crippen LogP contribution in [0.2, 0.25) is 0 Å². The average Bonchev–Trinajstić information content (AvgIpc) is 2.80. The minimum absolute atomic E-state index is 0.0172. The first-order chi connectivity index (χ1) is 15.4. The summed E-state index contributed by atoms with van der Waals surface area (Å²) in [5.41, 5.74) is 2.07. The first-order valence-electron chi connectivity index (χ1n) is 10.1. The third kappa shape index (κ3) is 6.33. The van der Waals surface area contributed by atoms with Crippen molar-refractivity contribution in [1.82, 2.24) is 10.6 Å². The number of carbonyl (C=O) groups excluding carboxylic acids is 2. The van der Waals surface area contributed by atoms with Gasteiger partial charge in [0.2, 0.25) is 5.91 Å². The van der Waals surface area contributed by atoms with Crippen LogP contribution in [0.4, 0.5) is 4.39 Å². The molecule has 32 heavy (non-hydrogen) atoms. The van der Waals surface area contributed by atoms with E-state index in [-0.39, 0.29) is 18.4 Å². The van der Waals surface area contributed by atoms with Crippen molar-refractivity contribution in [2.75, 3.05) is 0 Å². The third-order valence-corrected chi connectivity index (χ3v) is 4.93. The molecule has 7 heteroatoms. The summed E-state index contributed by atoms with van der Waals surface area (Å²) >= 11 is 0. The van der Waals surface area contributed by atoms with E-state index in [2.05, 4.69) is 10.6 Å². The molecular formula is C25H23FN2O4. The van der Waals surface area contributed by atoms with Crippen molar-refractivity contribution in [2.24, 2.45) is 0 Å². The molecule has 164 valence electrons. The molecular weight excluding hydrogens is 411 g/mol. The second-order valence-electron chi connectivity index (χ2n) is 7.23.